The van der Waals surface area contributed by atoms with Crippen molar-refractivity contribution in [2.75, 3.05) is 0 Å². The van der Waals surface area contributed by atoms with Gasteiger partial charge in [0.1, 0.15) is 5.82 Å². The van der Waals surface area contributed by atoms with Gasteiger partial charge in [0.15, 0.2) is 0 Å². The fraction of sp³-hybridized carbons (Fsp3) is 0.400. The van der Waals surface area contributed by atoms with Crippen LogP contribution in [0.1, 0.15) is 18.8 Å². The number of nitrogens with two attached hydrogens (primary N) is 1. The number of aromatic nitrogens is 3. The smallest absolute Gasteiger partial charge is 0.322 e. The second kappa shape index (κ2) is 2.67. The topological polar surface area (TPSA) is 105 Å². The maximum Gasteiger partial charge on any atom is 0.350 e. The molecule has 0 saturated carbocycles. The molecule has 0 saturated heterocycles. The van der Waals surface area contributed by atoms with Crippen molar-refractivity contribution in [3.8, 4) is 0 Å². The predicted molar refractivity (Wildman–Crippen MR) is 38.1 cm³/mol. The molecule has 1 atom stereocenters. The summed E-state index contributed by atoms with van der Waals surface area (Å²) in [6.45, 7) is 1.62. The Morgan fingerprint density at radius 3 is 2.55 bits per heavy atom. The van der Waals surface area contributed by atoms with Crippen molar-refractivity contribution >= 4 is 0 Å². The molecule has 0 aromatic carbocycles. The lowest BCUT2D eigenvalue weighted by Crippen LogP contribution is -2.29. The molecule has 1 rings (SSSR count). The Balaban J connectivity index is 3.30. The molecule has 60 valence electrons. The molecule has 1 aromatic heterocycles. The average Bonchev–Trinajstić information content (AvgIpc) is 1.85. The molecule has 0 radical (unpaired) electrons. The van der Waals surface area contributed by atoms with Gasteiger partial charge in [-0.15, -0.1) is 0 Å². The van der Waals surface area contributed by atoms with E-state index in [2.05, 4.69) is 9.97 Å². The van der Waals surface area contributed by atoms with E-state index < -0.39 is 17.4 Å². The summed E-state index contributed by atoms with van der Waals surface area (Å²) in [5.41, 5.74) is 4.10. The van der Waals surface area contributed by atoms with Crippen LogP contribution in [-0.2, 0) is 0 Å². The zero-order valence-electron chi connectivity index (χ0n) is 5.92. The van der Waals surface area contributed by atoms with Crippen LogP contribution >= 0.6 is 0 Å². The summed E-state index contributed by atoms with van der Waals surface area (Å²) in [6.07, 6.45) is 0. The quantitative estimate of drug-likeness (QED) is 0.459. The zero-order valence-corrected chi connectivity index (χ0v) is 5.92. The Kier molecular flexibility index (Phi) is 1.86. The molecule has 1 heterocycles. The molecule has 0 aliphatic heterocycles. The summed E-state index contributed by atoms with van der Waals surface area (Å²) in [5, 5.41) is 0. The Bertz CT molecular complexity index is 322. The minimum absolute atomic E-state index is 0.193. The lowest BCUT2D eigenvalue weighted by molar-refractivity contribution is 0.705. The number of nitrogens with zero attached hydrogens (tertiary/aromatic N) is 1. The molecule has 0 amide bonds. The highest BCUT2D eigenvalue weighted by atomic mass is 16.2. The van der Waals surface area contributed by atoms with E-state index >= 15 is 0 Å². The second-order valence-electron chi connectivity index (χ2n) is 2.17. The lowest BCUT2D eigenvalue weighted by atomic mass is 10.3. The third-order valence-corrected chi connectivity index (χ3v) is 1.12. The van der Waals surface area contributed by atoms with E-state index in [0.717, 1.165) is 0 Å². The summed E-state index contributed by atoms with van der Waals surface area (Å²) < 4.78 is 0. The lowest BCUT2D eigenvalue weighted by Gasteiger charge is -2.00. The van der Waals surface area contributed by atoms with E-state index in [9.17, 15) is 9.59 Å². The van der Waals surface area contributed by atoms with E-state index in [1.54, 1.807) is 6.92 Å². The summed E-state index contributed by atoms with van der Waals surface area (Å²) >= 11 is 0. The van der Waals surface area contributed by atoms with Crippen molar-refractivity contribution in [1.82, 2.24) is 15.0 Å². The van der Waals surface area contributed by atoms with Gasteiger partial charge in [0.05, 0.1) is 6.04 Å². The second-order valence-corrected chi connectivity index (χ2v) is 2.17. The van der Waals surface area contributed by atoms with Crippen LogP contribution in [0.2, 0.25) is 0 Å². The molecule has 0 bridgehead atoms. The molecule has 11 heavy (non-hydrogen) atoms. The normalized spacial score (nSPS) is 12.9. The van der Waals surface area contributed by atoms with Crippen molar-refractivity contribution in [2.45, 2.75) is 13.0 Å². The fourth-order valence-electron chi connectivity index (χ4n) is 0.626. The van der Waals surface area contributed by atoms with Crippen LogP contribution < -0.4 is 17.1 Å². The molecule has 4 N–H and O–H groups in total. The summed E-state index contributed by atoms with van der Waals surface area (Å²) in [4.78, 5) is 28.9. The first kappa shape index (κ1) is 7.67. The molecule has 0 spiro atoms. The van der Waals surface area contributed by atoms with Crippen LogP contribution in [0.15, 0.2) is 9.59 Å². The highest BCUT2D eigenvalue weighted by Crippen LogP contribution is 1.94. The third-order valence-electron chi connectivity index (χ3n) is 1.12. The highest BCUT2D eigenvalue weighted by molar-refractivity contribution is 4.87. The van der Waals surface area contributed by atoms with Crippen molar-refractivity contribution in [3.63, 3.8) is 0 Å². The Labute approximate surface area is 61.5 Å². The first-order chi connectivity index (χ1) is 5.09. The van der Waals surface area contributed by atoms with Crippen molar-refractivity contribution in [2.24, 2.45) is 5.73 Å². The first-order valence-electron chi connectivity index (χ1n) is 3.05. The highest BCUT2D eigenvalue weighted by Gasteiger charge is 2.01. The standard InChI is InChI=1S/C5H8N4O2/c1-2(6)3-7-4(10)9-5(11)8-3/h2H,6H2,1H3,(H2,7,8,9,10,11). The van der Waals surface area contributed by atoms with Gasteiger partial charge in [-0.3, -0.25) is 9.97 Å². The maximum atomic E-state index is 10.6. The van der Waals surface area contributed by atoms with Crippen molar-refractivity contribution < 1.29 is 0 Å². The van der Waals surface area contributed by atoms with Gasteiger partial charge in [0, 0.05) is 0 Å². The van der Waals surface area contributed by atoms with E-state index in [0.29, 0.717) is 0 Å². The molecule has 6 heteroatoms. The molecule has 0 aliphatic rings. The van der Waals surface area contributed by atoms with Crippen LogP contribution in [0, 0.1) is 0 Å². The van der Waals surface area contributed by atoms with Gasteiger partial charge in [-0.2, -0.15) is 4.98 Å². The molecule has 1 aromatic rings. The van der Waals surface area contributed by atoms with E-state index in [1.807, 2.05) is 4.98 Å². The van der Waals surface area contributed by atoms with Gasteiger partial charge in [-0.25, -0.2) is 9.59 Å². The van der Waals surface area contributed by atoms with Crippen LogP contribution in [0.4, 0.5) is 0 Å². The molecule has 6 nitrogen and oxygen atoms in total. The minimum atomic E-state index is -0.680. The average molecular weight is 156 g/mol. The van der Waals surface area contributed by atoms with E-state index in [1.165, 1.54) is 0 Å². The Hall–Kier alpha value is -1.43. The Morgan fingerprint density at radius 1 is 1.45 bits per heavy atom. The zero-order chi connectivity index (χ0) is 8.43. The van der Waals surface area contributed by atoms with Gasteiger partial charge >= 0.3 is 11.4 Å². The van der Waals surface area contributed by atoms with E-state index in [4.69, 9.17) is 5.73 Å². The van der Waals surface area contributed by atoms with Crippen LogP contribution in [0.5, 0.6) is 0 Å². The van der Waals surface area contributed by atoms with Crippen molar-refractivity contribution in [1.29, 1.82) is 0 Å². The van der Waals surface area contributed by atoms with Gasteiger partial charge in [-0.1, -0.05) is 0 Å². The summed E-state index contributed by atoms with van der Waals surface area (Å²) in [5.74, 6) is 0.193. The fourth-order valence-corrected chi connectivity index (χ4v) is 0.626. The number of rotatable bonds is 1. The monoisotopic (exact) mass is 156 g/mol. The number of hydrogen-bond donors (Lipinski definition) is 3. The van der Waals surface area contributed by atoms with E-state index in [-0.39, 0.29) is 5.82 Å². The third kappa shape index (κ3) is 1.74. The van der Waals surface area contributed by atoms with Gasteiger partial charge in [0.2, 0.25) is 0 Å². The van der Waals surface area contributed by atoms with Gasteiger partial charge in [0.25, 0.3) is 0 Å². The van der Waals surface area contributed by atoms with Gasteiger partial charge < -0.3 is 5.73 Å². The van der Waals surface area contributed by atoms with Crippen LogP contribution in [0.3, 0.4) is 0 Å². The molecule has 0 fully saturated rings. The van der Waals surface area contributed by atoms with Crippen LogP contribution in [-0.4, -0.2) is 15.0 Å². The largest absolute Gasteiger partial charge is 0.350 e. The van der Waals surface area contributed by atoms with Crippen LogP contribution in [0.25, 0.3) is 0 Å². The number of hydrogen-bond acceptors (Lipinski definition) is 4. The maximum absolute atomic E-state index is 10.6. The Morgan fingerprint density at radius 2 is 2.09 bits per heavy atom. The molecular formula is C5H8N4O2. The van der Waals surface area contributed by atoms with Gasteiger partial charge in [-0.05, 0) is 6.92 Å². The van der Waals surface area contributed by atoms with Crippen molar-refractivity contribution in [3.05, 3.63) is 26.8 Å². The predicted octanol–water partition coefficient (Wildman–Crippen LogP) is -1.52. The minimum Gasteiger partial charge on any atom is -0.322 e. The first-order valence-corrected chi connectivity index (χ1v) is 3.05. The number of nitrogens with one attached hydrogen (secondary N) is 2. The SMILES string of the molecule is CC(N)c1nc(=O)[nH]c(=O)[nH]1. The number of H-pyrrole nitrogens is 2. The molecule has 1 unspecified atom stereocenters. The molecular weight excluding hydrogens is 148 g/mol. The summed E-state index contributed by atoms with van der Waals surface area (Å²) in [7, 11) is 0. The molecule has 0 aliphatic carbocycles. The number of aromatic amines is 2. The summed E-state index contributed by atoms with van der Waals surface area (Å²) in [6, 6.07) is -0.440.